The molecule has 2 aromatic carbocycles. The Bertz CT molecular complexity index is 1130. The average Bonchev–Trinajstić information content (AvgIpc) is 2.69. The Balaban J connectivity index is 1.95. The Morgan fingerprint density at radius 1 is 1.03 bits per heavy atom. The summed E-state index contributed by atoms with van der Waals surface area (Å²) in [5.74, 6) is -0.832. The van der Waals surface area contributed by atoms with Crippen LogP contribution in [0.2, 0.25) is 5.02 Å². The van der Waals surface area contributed by atoms with Gasteiger partial charge >= 0.3 is 0 Å². The Morgan fingerprint density at radius 2 is 1.76 bits per heavy atom. The van der Waals surface area contributed by atoms with E-state index < -0.39 is 17.4 Å². The molecule has 0 aliphatic heterocycles. The molecule has 0 saturated heterocycles. The highest BCUT2D eigenvalue weighted by Gasteiger charge is 2.14. The summed E-state index contributed by atoms with van der Waals surface area (Å²) in [5, 5.41) is 10.1. The van der Waals surface area contributed by atoms with Crippen molar-refractivity contribution in [2.24, 2.45) is 0 Å². The summed E-state index contributed by atoms with van der Waals surface area (Å²) in [7, 11) is 0. The first-order chi connectivity index (χ1) is 13.8. The number of halogens is 1. The molecule has 0 fully saturated rings. The van der Waals surface area contributed by atoms with Gasteiger partial charge in [-0.3, -0.25) is 14.4 Å². The molecule has 0 unspecified atom stereocenters. The summed E-state index contributed by atoms with van der Waals surface area (Å²) in [6.45, 7) is 2.77. The Kier molecular flexibility index (Phi) is 6.09. The maximum atomic E-state index is 12.7. The van der Waals surface area contributed by atoms with Gasteiger partial charge in [-0.1, -0.05) is 48.0 Å². The van der Waals surface area contributed by atoms with Gasteiger partial charge in [0.05, 0.1) is 5.69 Å². The predicted molar refractivity (Wildman–Crippen MR) is 113 cm³/mol. The van der Waals surface area contributed by atoms with Crippen LogP contribution in [0.1, 0.15) is 12.5 Å². The molecule has 7 nitrogen and oxygen atoms in total. The number of nitrogens with one attached hydrogen (secondary N) is 2. The van der Waals surface area contributed by atoms with Crippen LogP contribution in [-0.4, -0.2) is 21.6 Å². The number of carbonyl (C=O) groups excluding carboxylic acids is 2. The number of carbonyl (C=O) groups is 2. The van der Waals surface area contributed by atoms with E-state index in [-0.39, 0.29) is 12.2 Å². The van der Waals surface area contributed by atoms with Gasteiger partial charge in [0.15, 0.2) is 0 Å². The van der Waals surface area contributed by atoms with Crippen molar-refractivity contribution in [2.45, 2.75) is 20.4 Å². The molecule has 0 spiro atoms. The molecule has 0 aliphatic carbocycles. The smallest absolute Gasteiger partial charge is 0.291 e. The fraction of sp³-hybridized carbons (Fsp3) is 0.143. The summed E-state index contributed by atoms with van der Waals surface area (Å²) in [6, 6.07) is 15.8. The molecule has 3 rings (SSSR count). The molecule has 1 aromatic heterocycles. The van der Waals surface area contributed by atoms with Crippen LogP contribution in [0, 0.1) is 6.92 Å². The molecule has 8 heteroatoms. The van der Waals surface area contributed by atoms with Crippen LogP contribution in [0.25, 0.3) is 11.3 Å². The van der Waals surface area contributed by atoms with E-state index in [9.17, 15) is 14.4 Å². The molecule has 0 aliphatic rings. The third-order valence-electron chi connectivity index (χ3n) is 4.19. The molecular formula is C21H19ClN4O3. The second-order valence-electron chi connectivity index (χ2n) is 6.41. The maximum Gasteiger partial charge on any atom is 0.291 e. The summed E-state index contributed by atoms with van der Waals surface area (Å²) < 4.78 is 1.03. The molecule has 0 bridgehead atoms. The highest BCUT2D eigenvalue weighted by molar-refractivity contribution is 6.31. The predicted octanol–water partition coefficient (Wildman–Crippen LogP) is 3.47. The van der Waals surface area contributed by atoms with Crippen LogP contribution in [0.3, 0.4) is 0 Å². The van der Waals surface area contributed by atoms with Gasteiger partial charge in [0.2, 0.25) is 11.8 Å². The van der Waals surface area contributed by atoms with Gasteiger partial charge in [-0.05, 0) is 30.7 Å². The SMILES string of the molecule is CC(=O)Nc1cc(-c2ccccc2)nn(CC(=O)Nc2cccc(Cl)c2C)c1=O. The highest BCUT2D eigenvalue weighted by Crippen LogP contribution is 2.23. The Hall–Kier alpha value is -3.45. The second kappa shape index (κ2) is 8.70. The van der Waals surface area contributed by atoms with Crippen molar-refractivity contribution >= 4 is 34.8 Å². The van der Waals surface area contributed by atoms with Gasteiger partial charge < -0.3 is 10.6 Å². The average molecular weight is 411 g/mol. The minimum atomic E-state index is -0.571. The number of amides is 2. The lowest BCUT2D eigenvalue weighted by atomic mass is 10.1. The number of anilines is 2. The van der Waals surface area contributed by atoms with Gasteiger partial charge in [0.1, 0.15) is 12.2 Å². The minimum Gasteiger partial charge on any atom is -0.324 e. The van der Waals surface area contributed by atoms with Crippen molar-refractivity contribution in [3.05, 3.63) is 75.5 Å². The van der Waals surface area contributed by atoms with E-state index in [1.54, 1.807) is 25.1 Å². The topological polar surface area (TPSA) is 93.1 Å². The third kappa shape index (κ3) is 4.89. The summed E-state index contributed by atoms with van der Waals surface area (Å²) in [5.41, 5.74) is 1.97. The van der Waals surface area contributed by atoms with Gasteiger partial charge in [-0.25, -0.2) is 4.68 Å². The van der Waals surface area contributed by atoms with E-state index in [2.05, 4.69) is 15.7 Å². The molecule has 0 saturated carbocycles. The first-order valence-corrected chi connectivity index (χ1v) is 9.23. The number of nitrogens with zero attached hydrogens (tertiary/aromatic N) is 2. The van der Waals surface area contributed by atoms with Gasteiger partial charge in [-0.2, -0.15) is 5.10 Å². The number of hydrogen-bond donors (Lipinski definition) is 2. The van der Waals surface area contributed by atoms with Crippen molar-refractivity contribution in [3.63, 3.8) is 0 Å². The van der Waals surface area contributed by atoms with Crippen LogP contribution in [-0.2, 0) is 16.1 Å². The molecule has 148 valence electrons. The van der Waals surface area contributed by atoms with E-state index in [1.165, 1.54) is 13.0 Å². The minimum absolute atomic E-state index is 0.0538. The fourth-order valence-electron chi connectivity index (χ4n) is 2.75. The van der Waals surface area contributed by atoms with E-state index in [1.807, 2.05) is 30.3 Å². The first-order valence-electron chi connectivity index (χ1n) is 8.85. The second-order valence-corrected chi connectivity index (χ2v) is 6.82. The summed E-state index contributed by atoms with van der Waals surface area (Å²) >= 11 is 6.08. The normalized spacial score (nSPS) is 10.4. The number of hydrogen-bond acceptors (Lipinski definition) is 4. The van der Waals surface area contributed by atoms with Crippen molar-refractivity contribution in [2.75, 3.05) is 10.6 Å². The van der Waals surface area contributed by atoms with E-state index >= 15 is 0 Å². The van der Waals surface area contributed by atoms with Crippen molar-refractivity contribution < 1.29 is 9.59 Å². The first kappa shape index (κ1) is 20.3. The van der Waals surface area contributed by atoms with Crippen molar-refractivity contribution in [3.8, 4) is 11.3 Å². The summed E-state index contributed by atoms with van der Waals surface area (Å²) in [6.07, 6.45) is 0. The molecule has 1 heterocycles. The molecule has 2 amide bonds. The van der Waals surface area contributed by atoms with Gasteiger partial charge in [0.25, 0.3) is 5.56 Å². The molecule has 2 N–H and O–H groups in total. The maximum absolute atomic E-state index is 12.7. The zero-order valence-corrected chi connectivity index (χ0v) is 16.7. The lowest BCUT2D eigenvalue weighted by Crippen LogP contribution is -2.32. The molecule has 0 atom stereocenters. The summed E-state index contributed by atoms with van der Waals surface area (Å²) in [4.78, 5) is 36.7. The van der Waals surface area contributed by atoms with E-state index in [4.69, 9.17) is 11.6 Å². The van der Waals surface area contributed by atoms with Crippen molar-refractivity contribution in [1.29, 1.82) is 0 Å². The van der Waals surface area contributed by atoms with Crippen LogP contribution < -0.4 is 16.2 Å². The fourth-order valence-corrected chi connectivity index (χ4v) is 2.92. The zero-order chi connectivity index (χ0) is 21.0. The molecule has 3 aromatic rings. The van der Waals surface area contributed by atoms with E-state index in [0.717, 1.165) is 15.8 Å². The van der Waals surface area contributed by atoms with E-state index in [0.29, 0.717) is 16.4 Å². The lowest BCUT2D eigenvalue weighted by molar-refractivity contribution is -0.117. The quantitative estimate of drug-likeness (QED) is 0.673. The third-order valence-corrected chi connectivity index (χ3v) is 4.60. The molecular weight excluding hydrogens is 392 g/mol. The van der Waals surface area contributed by atoms with Crippen LogP contribution in [0.15, 0.2) is 59.4 Å². The lowest BCUT2D eigenvalue weighted by Gasteiger charge is -2.12. The van der Waals surface area contributed by atoms with Crippen molar-refractivity contribution in [1.82, 2.24) is 9.78 Å². The van der Waals surface area contributed by atoms with Crippen LogP contribution in [0.5, 0.6) is 0 Å². The molecule has 0 radical (unpaired) electrons. The zero-order valence-electron chi connectivity index (χ0n) is 15.9. The molecule has 29 heavy (non-hydrogen) atoms. The van der Waals surface area contributed by atoms with Crippen LogP contribution in [0.4, 0.5) is 11.4 Å². The highest BCUT2D eigenvalue weighted by atomic mass is 35.5. The number of rotatable bonds is 5. The van der Waals surface area contributed by atoms with Gasteiger partial charge in [0, 0.05) is 23.2 Å². The Morgan fingerprint density at radius 3 is 2.45 bits per heavy atom. The number of aromatic nitrogens is 2. The number of benzene rings is 2. The van der Waals surface area contributed by atoms with Gasteiger partial charge in [-0.15, -0.1) is 0 Å². The Labute approximate surface area is 172 Å². The standard InChI is InChI=1S/C21H19ClN4O3/c1-13-16(22)9-6-10-17(13)24-20(28)12-26-21(29)19(23-14(2)27)11-18(25-26)15-7-4-3-5-8-15/h3-11H,12H2,1-2H3,(H,23,27)(H,24,28). The monoisotopic (exact) mass is 410 g/mol. The largest absolute Gasteiger partial charge is 0.324 e. The van der Waals surface area contributed by atoms with Crippen LogP contribution >= 0.6 is 11.6 Å².